The molecule has 1 amide bonds. The van der Waals surface area contributed by atoms with Crippen LogP contribution in [-0.4, -0.2) is 22.7 Å². The number of hydrogen-bond donors (Lipinski definition) is 2. The number of anilines is 1. The van der Waals surface area contributed by atoms with E-state index >= 15 is 0 Å². The molecule has 0 radical (unpaired) electrons. The van der Waals surface area contributed by atoms with Crippen LogP contribution in [0, 0.1) is 0 Å². The number of halogens is 1. The molecule has 26 heavy (non-hydrogen) atoms. The lowest BCUT2D eigenvalue weighted by molar-refractivity contribution is 0.0978. The number of aromatic nitrogens is 1. The fourth-order valence-corrected chi connectivity index (χ4v) is 2.87. The van der Waals surface area contributed by atoms with Crippen LogP contribution >= 0.6 is 23.8 Å². The van der Waals surface area contributed by atoms with Crippen LogP contribution in [-0.2, 0) is 0 Å². The summed E-state index contributed by atoms with van der Waals surface area (Å²) in [6, 6.07) is 16.2. The highest BCUT2D eigenvalue weighted by Gasteiger charge is 2.12. The Morgan fingerprint density at radius 2 is 1.85 bits per heavy atom. The van der Waals surface area contributed by atoms with Gasteiger partial charge in [-0.05, 0) is 54.7 Å². The van der Waals surface area contributed by atoms with Gasteiger partial charge in [-0.25, -0.2) is 0 Å². The first-order valence-electron chi connectivity index (χ1n) is 7.76. The quantitative estimate of drug-likeness (QED) is 0.659. The molecular formula is C19H16ClN3O2S. The molecular weight excluding hydrogens is 370 g/mol. The molecule has 0 unspecified atom stereocenters. The third-order valence-electron chi connectivity index (χ3n) is 3.66. The summed E-state index contributed by atoms with van der Waals surface area (Å²) in [5, 5.41) is 6.18. The Labute approximate surface area is 161 Å². The number of nitrogens with zero attached hydrogens (tertiary/aromatic N) is 1. The van der Waals surface area contributed by atoms with Crippen molar-refractivity contribution in [2.75, 3.05) is 12.4 Å². The van der Waals surface area contributed by atoms with Gasteiger partial charge in [0.25, 0.3) is 5.91 Å². The van der Waals surface area contributed by atoms with Crippen LogP contribution in [0.3, 0.4) is 0 Å². The molecule has 0 bridgehead atoms. The highest BCUT2D eigenvalue weighted by Crippen LogP contribution is 2.26. The van der Waals surface area contributed by atoms with Gasteiger partial charge in [0.1, 0.15) is 5.75 Å². The summed E-state index contributed by atoms with van der Waals surface area (Å²) in [6.45, 7) is 0. The van der Waals surface area contributed by atoms with Crippen LogP contribution in [0.5, 0.6) is 5.75 Å². The molecule has 2 aromatic carbocycles. The Balaban J connectivity index is 1.75. The number of hydrogen-bond acceptors (Lipinski definition) is 3. The number of nitrogens with one attached hydrogen (secondary N) is 2. The molecule has 3 rings (SSSR count). The lowest BCUT2D eigenvalue weighted by Crippen LogP contribution is -2.34. The number of thiocarbonyl (C=S) groups is 1. The Hall–Kier alpha value is -2.83. The minimum Gasteiger partial charge on any atom is -0.495 e. The van der Waals surface area contributed by atoms with E-state index in [2.05, 4.69) is 10.6 Å². The van der Waals surface area contributed by atoms with Crippen LogP contribution in [0.2, 0.25) is 5.02 Å². The molecule has 5 nitrogen and oxygen atoms in total. The van der Waals surface area contributed by atoms with Gasteiger partial charge in [0.2, 0.25) is 0 Å². The average Bonchev–Trinajstić information content (AvgIpc) is 3.16. The maximum Gasteiger partial charge on any atom is 0.258 e. The van der Waals surface area contributed by atoms with Crippen LogP contribution in [0.25, 0.3) is 5.69 Å². The van der Waals surface area contributed by atoms with Gasteiger partial charge in [0.15, 0.2) is 5.11 Å². The predicted octanol–water partition coefficient (Wildman–Crippen LogP) is 4.27. The van der Waals surface area contributed by atoms with Crippen LogP contribution in [0.4, 0.5) is 5.69 Å². The van der Waals surface area contributed by atoms with Gasteiger partial charge in [-0.3, -0.25) is 10.1 Å². The largest absolute Gasteiger partial charge is 0.495 e. The number of amides is 1. The monoisotopic (exact) mass is 385 g/mol. The predicted molar refractivity (Wildman–Crippen MR) is 107 cm³/mol. The molecule has 7 heteroatoms. The topological polar surface area (TPSA) is 55.3 Å². The number of carbonyl (C=O) groups excluding carboxylic acids is 1. The molecule has 0 saturated heterocycles. The van der Waals surface area contributed by atoms with Crippen molar-refractivity contribution in [3.05, 3.63) is 77.6 Å². The SMILES string of the molecule is COc1ccc(NC(=S)NC(=O)c2ccccc2Cl)cc1-n1cccc1. The van der Waals surface area contributed by atoms with Crippen molar-refractivity contribution in [1.29, 1.82) is 0 Å². The highest BCUT2D eigenvalue weighted by atomic mass is 35.5. The summed E-state index contributed by atoms with van der Waals surface area (Å²) in [5.41, 5.74) is 1.93. The van der Waals surface area contributed by atoms with E-state index in [1.165, 1.54) is 0 Å². The molecule has 0 aliphatic rings. The van der Waals surface area contributed by atoms with E-state index in [1.807, 2.05) is 47.3 Å². The van der Waals surface area contributed by atoms with Gasteiger partial charge in [-0.15, -0.1) is 0 Å². The molecule has 2 N–H and O–H groups in total. The molecule has 0 aliphatic carbocycles. The molecule has 0 spiro atoms. The van der Waals surface area contributed by atoms with E-state index in [-0.39, 0.29) is 11.0 Å². The Morgan fingerprint density at radius 1 is 1.12 bits per heavy atom. The first-order valence-corrected chi connectivity index (χ1v) is 8.55. The van der Waals surface area contributed by atoms with E-state index in [4.69, 9.17) is 28.6 Å². The fraction of sp³-hybridized carbons (Fsp3) is 0.0526. The molecule has 1 heterocycles. The second-order valence-electron chi connectivity index (χ2n) is 5.37. The van der Waals surface area contributed by atoms with Crippen molar-refractivity contribution in [2.45, 2.75) is 0 Å². The van der Waals surface area contributed by atoms with Gasteiger partial charge in [-0.1, -0.05) is 23.7 Å². The first-order chi connectivity index (χ1) is 12.6. The summed E-state index contributed by atoms with van der Waals surface area (Å²) < 4.78 is 7.32. The summed E-state index contributed by atoms with van der Waals surface area (Å²) >= 11 is 11.3. The number of carbonyl (C=O) groups is 1. The van der Waals surface area contributed by atoms with Crippen molar-refractivity contribution in [2.24, 2.45) is 0 Å². The third-order valence-corrected chi connectivity index (χ3v) is 4.20. The zero-order valence-electron chi connectivity index (χ0n) is 13.9. The fourth-order valence-electron chi connectivity index (χ4n) is 2.44. The van der Waals surface area contributed by atoms with E-state index in [0.29, 0.717) is 10.6 Å². The minimum absolute atomic E-state index is 0.179. The van der Waals surface area contributed by atoms with E-state index < -0.39 is 0 Å². The normalized spacial score (nSPS) is 10.2. The van der Waals surface area contributed by atoms with Crippen molar-refractivity contribution < 1.29 is 9.53 Å². The van der Waals surface area contributed by atoms with Crippen molar-refractivity contribution in [3.8, 4) is 11.4 Å². The highest BCUT2D eigenvalue weighted by molar-refractivity contribution is 7.80. The van der Waals surface area contributed by atoms with Gasteiger partial charge < -0.3 is 14.6 Å². The minimum atomic E-state index is -0.368. The number of methoxy groups -OCH3 is 1. The summed E-state index contributed by atoms with van der Waals surface area (Å²) in [6.07, 6.45) is 3.83. The van der Waals surface area contributed by atoms with Crippen LogP contribution in [0.1, 0.15) is 10.4 Å². The van der Waals surface area contributed by atoms with Crippen molar-refractivity contribution in [1.82, 2.24) is 9.88 Å². The summed E-state index contributed by atoms with van der Waals surface area (Å²) in [7, 11) is 1.61. The van der Waals surface area contributed by atoms with Crippen molar-refractivity contribution in [3.63, 3.8) is 0 Å². The Kier molecular flexibility index (Phi) is 5.55. The summed E-state index contributed by atoms with van der Waals surface area (Å²) in [4.78, 5) is 12.3. The Bertz CT molecular complexity index is 942. The second kappa shape index (κ2) is 8.03. The molecule has 1 aromatic heterocycles. The van der Waals surface area contributed by atoms with E-state index in [0.717, 1.165) is 17.1 Å². The zero-order valence-corrected chi connectivity index (χ0v) is 15.5. The van der Waals surface area contributed by atoms with E-state index in [1.54, 1.807) is 31.4 Å². The van der Waals surface area contributed by atoms with Crippen LogP contribution < -0.4 is 15.4 Å². The molecule has 0 aliphatic heterocycles. The first kappa shape index (κ1) is 18.0. The number of ether oxygens (including phenoxy) is 1. The third kappa shape index (κ3) is 4.04. The summed E-state index contributed by atoms with van der Waals surface area (Å²) in [5.74, 6) is 0.352. The molecule has 0 fully saturated rings. The Morgan fingerprint density at radius 3 is 2.54 bits per heavy atom. The zero-order chi connectivity index (χ0) is 18.5. The van der Waals surface area contributed by atoms with Gasteiger partial charge >= 0.3 is 0 Å². The molecule has 132 valence electrons. The average molecular weight is 386 g/mol. The van der Waals surface area contributed by atoms with Crippen molar-refractivity contribution >= 4 is 40.5 Å². The lowest BCUT2D eigenvalue weighted by Gasteiger charge is -2.14. The number of benzene rings is 2. The molecule has 3 aromatic rings. The van der Waals surface area contributed by atoms with E-state index in [9.17, 15) is 4.79 Å². The maximum atomic E-state index is 12.3. The van der Waals surface area contributed by atoms with Gasteiger partial charge in [-0.2, -0.15) is 0 Å². The van der Waals surface area contributed by atoms with Gasteiger partial charge in [0.05, 0.1) is 23.4 Å². The second-order valence-corrected chi connectivity index (χ2v) is 6.18. The molecule has 0 saturated carbocycles. The smallest absolute Gasteiger partial charge is 0.258 e. The lowest BCUT2D eigenvalue weighted by atomic mass is 10.2. The standard InChI is InChI=1S/C19H16ClN3O2S/c1-25-17-9-8-13(12-16(17)23-10-4-5-11-23)21-19(26)22-18(24)14-6-2-3-7-15(14)20/h2-12H,1H3,(H2,21,22,24,26). The van der Waals surface area contributed by atoms with Gasteiger partial charge in [0, 0.05) is 18.1 Å². The number of rotatable bonds is 4. The molecule has 0 atom stereocenters. The van der Waals surface area contributed by atoms with Crippen LogP contribution in [0.15, 0.2) is 67.0 Å². The maximum absolute atomic E-state index is 12.3.